The number of hydrogen-bond donors (Lipinski definition) is 1. The summed E-state index contributed by atoms with van der Waals surface area (Å²) in [5.41, 5.74) is 0.952. The molecular weight excluding hydrogens is 228 g/mol. The summed E-state index contributed by atoms with van der Waals surface area (Å²) in [7, 11) is 0. The molecule has 1 heterocycles. The second kappa shape index (κ2) is 4.98. The van der Waals surface area contributed by atoms with Gasteiger partial charge in [-0.15, -0.1) is 0 Å². The summed E-state index contributed by atoms with van der Waals surface area (Å²) in [6.45, 7) is 3.88. The van der Waals surface area contributed by atoms with E-state index in [4.69, 9.17) is 4.74 Å². The summed E-state index contributed by atoms with van der Waals surface area (Å²) in [6, 6.07) is 2.20. The molecule has 1 atom stereocenters. The lowest BCUT2D eigenvalue weighted by molar-refractivity contribution is 0.122. The van der Waals surface area contributed by atoms with Crippen LogP contribution in [0.15, 0.2) is 12.1 Å². The second-order valence-electron chi connectivity index (χ2n) is 4.10. The molecule has 1 fully saturated rings. The third kappa shape index (κ3) is 2.56. The number of ether oxygens (including phenoxy) is 1. The Hall–Kier alpha value is -1.20. The zero-order valence-corrected chi connectivity index (χ0v) is 9.62. The fraction of sp³-hybridized carbons (Fsp3) is 0.500. The maximum absolute atomic E-state index is 13.3. The highest BCUT2D eigenvalue weighted by atomic mass is 19.2. The van der Waals surface area contributed by atoms with E-state index >= 15 is 0 Å². The van der Waals surface area contributed by atoms with Crippen LogP contribution in [-0.2, 0) is 4.74 Å². The summed E-state index contributed by atoms with van der Waals surface area (Å²) >= 11 is 0. The van der Waals surface area contributed by atoms with Gasteiger partial charge in [-0.1, -0.05) is 0 Å². The van der Waals surface area contributed by atoms with E-state index < -0.39 is 17.7 Å². The molecule has 0 amide bonds. The Morgan fingerprint density at radius 3 is 2.41 bits per heavy atom. The van der Waals surface area contributed by atoms with Crippen LogP contribution in [0.4, 0.5) is 14.5 Å². The van der Waals surface area contributed by atoms with Gasteiger partial charge in [0.25, 0.3) is 0 Å². The quantitative estimate of drug-likeness (QED) is 0.860. The Kier molecular flexibility index (Phi) is 3.59. The lowest BCUT2D eigenvalue weighted by Crippen LogP contribution is -2.37. The van der Waals surface area contributed by atoms with Crippen molar-refractivity contribution < 1.29 is 18.6 Å². The molecule has 1 aliphatic rings. The van der Waals surface area contributed by atoms with Crippen molar-refractivity contribution in [1.29, 1.82) is 0 Å². The molecule has 94 valence electrons. The van der Waals surface area contributed by atoms with E-state index in [1.165, 1.54) is 6.92 Å². The number of morpholine rings is 1. The summed E-state index contributed by atoms with van der Waals surface area (Å²) in [5.74, 6) is -1.83. The molecule has 3 nitrogen and oxygen atoms in total. The molecule has 1 N–H and O–H groups in total. The van der Waals surface area contributed by atoms with Crippen molar-refractivity contribution in [3.05, 3.63) is 29.3 Å². The van der Waals surface area contributed by atoms with Gasteiger partial charge < -0.3 is 14.7 Å². The van der Waals surface area contributed by atoms with Crippen LogP contribution in [0.25, 0.3) is 0 Å². The number of benzene rings is 1. The minimum absolute atomic E-state index is 0.408. The van der Waals surface area contributed by atoms with Crippen molar-refractivity contribution in [2.75, 3.05) is 31.2 Å². The molecular formula is C12H15F2NO2. The van der Waals surface area contributed by atoms with Crippen LogP contribution in [0.3, 0.4) is 0 Å². The van der Waals surface area contributed by atoms with Gasteiger partial charge in [0.15, 0.2) is 11.6 Å². The van der Waals surface area contributed by atoms with Crippen molar-refractivity contribution >= 4 is 5.69 Å². The molecule has 0 radical (unpaired) electrons. The second-order valence-corrected chi connectivity index (χ2v) is 4.10. The third-order valence-electron chi connectivity index (χ3n) is 2.87. The average molecular weight is 243 g/mol. The van der Waals surface area contributed by atoms with Gasteiger partial charge in [0.2, 0.25) is 0 Å². The van der Waals surface area contributed by atoms with Gasteiger partial charge in [0.1, 0.15) is 0 Å². The predicted octanol–water partition coefficient (Wildman–Crippen LogP) is 1.85. The van der Waals surface area contributed by atoms with Crippen LogP contribution in [0.1, 0.15) is 18.6 Å². The molecule has 1 aromatic rings. The molecule has 0 aromatic heterocycles. The molecule has 1 saturated heterocycles. The standard InChI is InChI=1S/C12H15F2NO2/c1-8(16)9-6-10(13)11(14)7-12(9)15-2-4-17-5-3-15/h6-8,16H,2-5H2,1H3. The predicted molar refractivity (Wildman–Crippen MR) is 60.0 cm³/mol. The molecule has 0 saturated carbocycles. The number of rotatable bonds is 2. The van der Waals surface area contributed by atoms with E-state index in [1.54, 1.807) is 0 Å². The summed E-state index contributed by atoms with van der Waals surface area (Å²) in [4.78, 5) is 1.90. The summed E-state index contributed by atoms with van der Waals surface area (Å²) in [6.07, 6.45) is -0.831. The smallest absolute Gasteiger partial charge is 0.160 e. The molecule has 0 aliphatic carbocycles. The van der Waals surface area contributed by atoms with Crippen molar-refractivity contribution in [1.82, 2.24) is 0 Å². The lowest BCUT2D eigenvalue weighted by Gasteiger charge is -2.31. The molecule has 17 heavy (non-hydrogen) atoms. The Morgan fingerprint density at radius 1 is 1.24 bits per heavy atom. The van der Waals surface area contributed by atoms with Crippen LogP contribution in [0.5, 0.6) is 0 Å². The van der Waals surface area contributed by atoms with E-state index in [-0.39, 0.29) is 0 Å². The van der Waals surface area contributed by atoms with E-state index in [0.29, 0.717) is 37.6 Å². The first-order valence-electron chi connectivity index (χ1n) is 5.59. The van der Waals surface area contributed by atoms with Crippen molar-refractivity contribution in [3.8, 4) is 0 Å². The van der Waals surface area contributed by atoms with Crippen molar-refractivity contribution in [3.63, 3.8) is 0 Å². The van der Waals surface area contributed by atoms with Gasteiger partial charge in [-0.05, 0) is 13.0 Å². The lowest BCUT2D eigenvalue weighted by atomic mass is 10.1. The fourth-order valence-electron chi connectivity index (χ4n) is 1.96. The Morgan fingerprint density at radius 2 is 1.82 bits per heavy atom. The first kappa shape index (κ1) is 12.3. The molecule has 1 unspecified atom stereocenters. The average Bonchev–Trinajstić information content (AvgIpc) is 2.33. The fourth-order valence-corrected chi connectivity index (χ4v) is 1.96. The normalized spacial score (nSPS) is 18.2. The number of aliphatic hydroxyl groups is 1. The maximum Gasteiger partial charge on any atom is 0.160 e. The molecule has 1 aliphatic heterocycles. The molecule has 5 heteroatoms. The number of hydrogen-bond acceptors (Lipinski definition) is 3. The molecule has 0 bridgehead atoms. The first-order valence-corrected chi connectivity index (χ1v) is 5.59. The van der Waals surface area contributed by atoms with Crippen LogP contribution < -0.4 is 4.90 Å². The van der Waals surface area contributed by atoms with Gasteiger partial charge in [0, 0.05) is 30.4 Å². The largest absolute Gasteiger partial charge is 0.389 e. The van der Waals surface area contributed by atoms with Crippen LogP contribution in [-0.4, -0.2) is 31.4 Å². The summed E-state index contributed by atoms with van der Waals surface area (Å²) in [5, 5.41) is 9.60. The highest BCUT2D eigenvalue weighted by Crippen LogP contribution is 2.29. The number of nitrogens with zero attached hydrogens (tertiary/aromatic N) is 1. The number of aliphatic hydroxyl groups excluding tert-OH is 1. The van der Waals surface area contributed by atoms with E-state index in [0.717, 1.165) is 12.1 Å². The molecule has 1 aromatic carbocycles. The highest BCUT2D eigenvalue weighted by molar-refractivity contribution is 5.55. The van der Waals surface area contributed by atoms with Gasteiger partial charge in [-0.2, -0.15) is 0 Å². The Bertz CT molecular complexity index is 404. The van der Waals surface area contributed by atoms with Gasteiger partial charge in [-0.25, -0.2) is 8.78 Å². The van der Waals surface area contributed by atoms with Crippen LogP contribution >= 0.6 is 0 Å². The van der Waals surface area contributed by atoms with Gasteiger partial charge in [-0.3, -0.25) is 0 Å². The zero-order valence-electron chi connectivity index (χ0n) is 9.62. The number of halogens is 2. The SMILES string of the molecule is CC(O)c1cc(F)c(F)cc1N1CCOCC1. The Labute approximate surface area is 98.6 Å². The van der Waals surface area contributed by atoms with Crippen LogP contribution in [0.2, 0.25) is 0 Å². The maximum atomic E-state index is 13.3. The van der Waals surface area contributed by atoms with Gasteiger partial charge >= 0.3 is 0 Å². The Balaban J connectivity index is 2.39. The van der Waals surface area contributed by atoms with E-state index in [9.17, 15) is 13.9 Å². The van der Waals surface area contributed by atoms with Gasteiger partial charge in [0.05, 0.1) is 19.3 Å². The summed E-state index contributed by atoms with van der Waals surface area (Å²) < 4.78 is 31.6. The van der Waals surface area contributed by atoms with Crippen LogP contribution in [0, 0.1) is 11.6 Å². The zero-order chi connectivity index (χ0) is 12.4. The van der Waals surface area contributed by atoms with Crippen molar-refractivity contribution in [2.45, 2.75) is 13.0 Å². The minimum atomic E-state index is -0.932. The van der Waals surface area contributed by atoms with E-state index in [2.05, 4.69) is 0 Å². The third-order valence-corrected chi connectivity index (χ3v) is 2.87. The molecule has 2 rings (SSSR count). The topological polar surface area (TPSA) is 32.7 Å². The number of anilines is 1. The highest BCUT2D eigenvalue weighted by Gasteiger charge is 2.20. The first-order chi connectivity index (χ1) is 8.09. The van der Waals surface area contributed by atoms with E-state index in [1.807, 2.05) is 4.90 Å². The van der Waals surface area contributed by atoms with Crippen molar-refractivity contribution in [2.24, 2.45) is 0 Å². The monoisotopic (exact) mass is 243 g/mol. The molecule has 0 spiro atoms. The minimum Gasteiger partial charge on any atom is -0.389 e.